The summed E-state index contributed by atoms with van der Waals surface area (Å²) in [5.74, 6) is -0.153. The fourth-order valence-electron chi connectivity index (χ4n) is 3.22. The van der Waals surface area contributed by atoms with Crippen LogP contribution in [0, 0.1) is 0 Å². The number of aryl methyl sites for hydroxylation is 1. The normalized spacial score (nSPS) is 10.7. The number of benzene rings is 2. The number of carboxylic acid groups (broad SMARTS) is 1. The van der Waals surface area contributed by atoms with Crippen molar-refractivity contribution in [3.8, 4) is 5.75 Å². The third-order valence-electron chi connectivity index (χ3n) is 4.42. The molecule has 0 amide bonds. The molecule has 0 spiro atoms. The Kier molecular flexibility index (Phi) is 5.62. The third kappa shape index (κ3) is 3.73. The van der Waals surface area contributed by atoms with E-state index in [-0.39, 0.29) is 18.1 Å². The summed E-state index contributed by atoms with van der Waals surface area (Å²) in [5.41, 5.74) is 1.69. The second kappa shape index (κ2) is 8.10. The van der Waals surface area contributed by atoms with Crippen LogP contribution in [0.5, 0.6) is 5.75 Å². The van der Waals surface area contributed by atoms with Crippen LogP contribution in [0.25, 0.3) is 16.3 Å². The number of hydrogen-bond acceptors (Lipinski definition) is 3. The lowest BCUT2D eigenvalue weighted by atomic mass is 10.1. The van der Waals surface area contributed by atoms with Crippen LogP contribution in [-0.2, 0) is 6.42 Å². The minimum absolute atomic E-state index is 0. The molecule has 0 aliphatic carbocycles. The van der Waals surface area contributed by atoms with E-state index < -0.39 is 5.97 Å². The van der Waals surface area contributed by atoms with Gasteiger partial charge in [0.25, 0.3) is 0 Å². The zero-order valence-corrected chi connectivity index (χ0v) is 15.4. The third-order valence-corrected chi connectivity index (χ3v) is 4.42. The summed E-state index contributed by atoms with van der Waals surface area (Å²) in [6.45, 7) is 0.511. The van der Waals surface area contributed by atoms with Crippen LogP contribution in [-0.4, -0.2) is 27.3 Å². The SMILES string of the molecule is Cl.O=C(O)c1nn2ccccc2c1CCCOc1cccc2ccccc12. The van der Waals surface area contributed by atoms with Crippen LogP contribution in [0.3, 0.4) is 0 Å². The second-order valence-electron chi connectivity index (χ2n) is 6.09. The van der Waals surface area contributed by atoms with Gasteiger partial charge in [-0.25, -0.2) is 9.31 Å². The highest BCUT2D eigenvalue weighted by atomic mass is 35.5. The predicted octanol–water partition coefficient (Wildman–Crippen LogP) is 4.62. The first-order chi connectivity index (χ1) is 12.7. The molecule has 0 fully saturated rings. The number of aromatic carboxylic acids is 1. The van der Waals surface area contributed by atoms with Gasteiger partial charge in [-0.15, -0.1) is 12.4 Å². The molecule has 0 aliphatic heterocycles. The predicted molar refractivity (Wildman–Crippen MR) is 107 cm³/mol. The Morgan fingerprint density at radius 3 is 2.67 bits per heavy atom. The number of pyridine rings is 1. The highest BCUT2D eigenvalue weighted by molar-refractivity contribution is 5.90. The summed E-state index contributed by atoms with van der Waals surface area (Å²) in [7, 11) is 0. The molecule has 4 aromatic rings. The number of ether oxygens (including phenoxy) is 1. The maximum atomic E-state index is 11.5. The van der Waals surface area contributed by atoms with Gasteiger partial charge in [0, 0.05) is 17.1 Å². The van der Waals surface area contributed by atoms with Crippen molar-refractivity contribution in [2.45, 2.75) is 12.8 Å². The van der Waals surface area contributed by atoms with Gasteiger partial charge in [-0.2, -0.15) is 5.10 Å². The summed E-state index contributed by atoms with van der Waals surface area (Å²) < 4.78 is 7.57. The van der Waals surface area contributed by atoms with Gasteiger partial charge in [0.15, 0.2) is 5.69 Å². The molecule has 0 aliphatic rings. The quantitative estimate of drug-likeness (QED) is 0.494. The molecule has 5 nitrogen and oxygen atoms in total. The molecule has 0 atom stereocenters. The van der Waals surface area contributed by atoms with Crippen molar-refractivity contribution in [1.29, 1.82) is 0 Å². The first kappa shape index (κ1) is 18.7. The molecule has 1 N–H and O–H groups in total. The number of rotatable bonds is 6. The molecular formula is C21H19ClN2O3. The van der Waals surface area contributed by atoms with Crippen LogP contribution in [0.2, 0.25) is 0 Å². The first-order valence-corrected chi connectivity index (χ1v) is 8.54. The molecule has 138 valence electrons. The van der Waals surface area contributed by atoms with E-state index in [4.69, 9.17) is 4.74 Å². The maximum absolute atomic E-state index is 11.5. The fraction of sp³-hybridized carbons (Fsp3) is 0.143. The number of nitrogens with zero attached hydrogens (tertiary/aromatic N) is 2. The largest absolute Gasteiger partial charge is 0.493 e. The average molecular weight is 383 g/mol. The van der Waals surface area contributed by atoms with Gasteiger partial charge in [-0.1, -0.05) is 42.5 Å². The Labute approximate surface area is 162 Å². The van der Waals surface area contributed by atoms with Gasteiger partial charge < -0.3 is 9.84 Å². The Morgan fingerprint density at radius 2 is 1.81 bits per heavy atom. The van der Waals surface area contributed by atoms with Crippen LogP contribution in [0.15, 0.2) is 66.9 Å². The topological polar surface area (TPSA) is 63.8 Å². The van der Waals surface area contributed by atoms with E-state index >= 15 is 0 Å². The van der Waals surface area contributed by atoms with E-state index in [9.17, 15) is 9.90 Å². The minimum atomic E-state index is -1.00. The summed E-state index contributed by atoms with van der Waals surface area (Å²) in [4.78, 5) is 11.5. The van der Waals surface area contributed by atoms with Gasteiger partial charge in [-0.05, 0) is 36.4 Å². The molecule has 2 aromatic heterocycles. The van der Waals surface area contributed by atoms with Gasteiger partial charge in [0.2, 0.25) is 0 Å². The van der Waals surface area contributed by atoms with Crippen molar-refractivity contribution < 1.29 is 14.6 Å². The molecule has 0 bridgehead atoms. The molecule has 6 heteroatoms. The molecule has 0 unspecified atom stereocenters. The molecule has 2 aromatic carbocycles. The van der Waals surface area contributed by atoms with Crippen molar-refractivity contribution in [3.63, 3.8) is 0 Å². The van der Waals surface area contributed by atoms with Crippen molar-refractivity contribution >= 4 is 34.7 Å². The van der Waals surface area contributed by atoms with E-state index in [2.05, 4.69) is 17.2 Å². The highest BCUT2D eigenvalue weighted by Gasteiger charge is 2.17. The number of carboxylic acids is 1. The number of halogens is 1. The first-order valence-electron chi connectivity index (χ1n) is 8.54. The maximum Gasteiger partial charge on any atom is 0.356 e. The molecule has 4 rings (SSSR count). The average Bonchev–Trinajstić information content (AvgIpc) is 3.04. The second-order valence-corrected chi connectivity index (χ2v) is 6.09. The Morgan fingerprint density at radius 1 is 1.04 bits per heavy atom. The number of fused-ring (bicyclic) bond motifs is 2. The molecular weight excluding hydrogens is 364 g/mol. The van der Waals surface area contributed by atoms with E-state index in [1.165, 1.54) is 0 Å². The van der Waals surface area contributed by atoms with E-state index in [0.29, 0.717) is 19.4 Å². The Hall–Kier alpha value is -3.05. The van der Waals surface area contributed by atoms with E-state index in [1.807, 2.05) is 48.5 Å². The molecule has 0 radical (unpaired) electrons. The monoisotopic (exact) mass is 382 g/mol. The summed E-state index contributed by atoms with van der Waals surface area (Å²) in [6, 6.07) is 19.7. The Balaban J connectivity index is 0.00000210. The zero-order valence-electron chi connectivity index (χ0n) is 14.5. The number of hydrogen-bond donors (Lipinski definition) is 1. The fourth-order valence-corrected chi connectivity index (χ4v) is 3.22. The van der Waals surface area contributed by atoms with Crippen molar-refractivity contribution in [2.75, 3.05) is 6.61 Å². The lowest BCUT2D eigenvalue weighted by Gasteiger charge is -2.09. The van der Waals surface area contributed by atoms with Crippen LogP contribution >= 0.6 is 12.4 Å². The summed E-state index contributed by atoms with van der Waals surface area (Å²) in [5, 5.41) is 15.8. The lowest BCUT2D eigenvalue weighted by molar-refractivity contribution is 0.0688. The van der Waals surface area contributed by atoms with Crippen molar-refractivity contribution in [3.05, 3.63) is 78.1 Å². The zero-order chi connectivity index (χ0) is 17.9. The highest BCUT2D eigenvalue weighted by Crippen LogP contribution is 2.25. The smallest absolute Gasteiger partial charge is 0.356 e. The molecule has 27 heavy (non-hydrogen) atoms. The Bertz CT molecular complexity index is 1090. The van der Waals surface area contributed by atoms with Crippen molar-refractivity contribution in [1.82, 2.24) is 9.61 Å². The van der Waals surface area contributed by atoms with E-state index in [1.54, 1.807) is 10.7 Å². The van der Waals surface area contributed by atoms with Crippen LogP contribution < -0.4 is 4.74 Å². The lowest BCUT2D eigenvalue weighted by Crippen LogP contribution is -2.04. The van der Waals surface area contributed by atoms with Crippen molar-refractivity contribution in [2.24, 2.45) is 0 Å². The van der Waals surface area contributed by atoms with Crippen LogP contribution in [0.4, 0.5) is 0 Å². The van der Waals surface area contributed by atoms with Crippen LogP contribution in [0.1, 0.15) is 22.5 Å². The van der Waals surface area contributed by atoms with Gasteiger partial charge in [0.05, 0.1) is 12.1 Å². The molecule has 0 saturated carbocycles. The minimum Gasteiger partial charge on any atom is -0.493 e. The van der Waals surface area contributed by atoms with Gasteiger partial charge in [-0.3, -0.25) is 0 Å². The summed E-state index contributed by atoms with van der Waals surface area (Å²) in [6.07, 6.45) is 3.07. The van der Waals surface area contributed by atoms with Gasteiger partial charge in [0.1, 0.15) is 5.75 Å². The molecule has 2 heterocycles. The van der Waals surface area contributed by atoms with Gasteiger partial charge >= 0.3 is 5.97 Å². The molecule has 0 saturated heterocycles. The van der Waals surface area contributed by atoms with E-state index in [0.717, 1.165) is 27.6 Å². The number of carbonyl (C=O) groups is 1. The summed E-state index contributed by atoms with van der Waals surface area (Å²) >= 11 is 0. The standard InChI is InChI=1S/C21H18N2O3.ClH/c24-21(25)20-17(18-11-3-4-13-23(18)22-20)10-6-14-26-19-12-5-8-15-7-1-2-9-16(15)19;/h1-5,7-9,11-13H,6,10,14H2,(H,24,25);1H. The number of aromatic nitrogens is 2.